The zero-order chi connectivity index (χ0) is 21.0. The molecular formula is C23H28ClN3O2. The maximum Gasteiger partial charge on any atom is 0.238 e. The summed E-state index contributed by atoms with van der Waals surface area (Å²) in [6.07, 6.45) is 0.429. The highest BCUT2D eigenvalue weighted by molar-refractivity contribution is 6.34. The second-order valence-electron chi connectivity index (χ2n) is 7.75. The standard InChI is InChI=1S/C23H28ClN3O2/c1-16-12-18(3)23(20(24)13-16)25-21(28)15-26-8-10-27(11-9-26)22(29)14-19-7-5-4-6-17(19)2/h4-7,12-13H,8-11,14-15H2,1-3H3,(H,25,28). The summed E-state index contributed by atoms with van der Waals surface area (Å²) in [6, 6.07) is 11.8. The molecule has 0 radical (unpaired) electrons. The van der Waals surface area contributed by atoms with Crippen LogP contribution in [0.2, 0.25) is 5.02 Å². The van der Waals surface area contributed by atoms with E-state index < -0.39 is 0 Å². The van der Waals surface area contributed by atoms with Crippen LogP contribution in [0.15, 0.2) is 36.4 Å². The van der Waals surface area contributed by atoms with Gasteiger partial charge in [-0.15, -0.1) is 0 Å². The molecule has 0 spiro atoms. The van der Waals surface area contributed by atoms with Crippen molar-refractivity contribution in [2.75, 3.05) is 38.0 Å². The predicted octanol–water partition coefficient (Wildman–Crippen LogP) is 3.59. The first kappa shape index (κ1) is 21.3. The number of halogens is 1. The molecular weight excluding hydrogens is 386 g/mol. The van der Waals surface area contributed by atoms with E-state index in [-0.39, 0.29) is 11.8 Å². The third kappa shape index (κ3) is 5.58. The van der Waals surface area contributed by atoms with Gasteiger partial charge in [-0.3, -0.25) is 14.5 Å². The number of nitrogens with one attached hydrogen (secondary N) is 1. The van der Waals surface area contributed by atoms with Crippen molar-refractivity contribution < 1.29 is 9.59 Å². The van der Waals surface area contributed by atoms with Crippen LogP contribution in [0.25, 0.3) is 0 Å². The Labute approximate surface area is 177 Å². The molecule has 1 heterocycles. The number of anilines is 1. The SMILES string of the molecule is Cc1cc(C)c(NC(=O)CN2CCN(C(=O)Cc3ccccc3C)CC2)c(Cl)c1. The molecule has 2 aromatic rings. The molecule has 1 saturated heterocycles. The molecule has 5 nitrogen and oxygen atoms in total. The van der Waals surface area contributed by atoms with Crippen molar-refractivity contribution in [2.24, 2.45) is 0 Å². The van der Waals surface area contributed by atoms with E-state index in [9.17, 15) is 9.59 Å². The molecule has 0 aliphatic carbocycles. The van der Waals surface area contributed by atoms with Gasteiger partial charge in [-0.25, -0.2) is 0 Å². The minimum atomic E-state index is -0.0847. The van der Waals surface area contributed by atoms with Crippen molar-refractivity contribution in [3.05, 3.63) is 63.7 Å². The lowest BCUT2D eigenvalue weighted by Gasteiger charge is -2.34. The molecule has 1 N–H and O–H groups in total. The monoisotopic (exact) mass is 413 g/mol. The first-order chi connectivity index (χ1) is 13.8. The predicted molar refractivity (Wildman–Crippen MR) is 117 cm³/mol. The molecule has 6 heteroatoms. The third-order valence-corrected chi connectivity index (χ3v) is 5.69. The Bertz CT molecular complexity index is 882. The Kier molecular flexibility index (Phi) is 6.93. The molecule has 0 bridgehead atoms. The minimum Gasteiger partial charge on any atom is -0.340 e. The van der Waals surface area contributed by atoms with Crippen LogP contribution in [-0.4, -0.2) is 54.3 Å². The molecule has 3 rings (SSSR count). The smallest absolute Gasteiger partial charge is 0.238 e. The van der Waals surface area contributed by atoms with Crippen molar-refractivity contribution in [2.45, 2.75) is 27.2 Å². The van der Waals surface area contributed by atoms with E-state index in [1.54, 1.807) is 0 Å². The van der Waals surface area contributed by atoms with Crippen molar-refractivity contribution in [3.63, 3.8) is 0 Å². The summed E-state index contributed by atoms with van der Waals surface area (Å²) in [4.78, 5) is 29.0. The van der Waals surface area contributed by atoms with Crippen LogP contribution in [0.5, 0.6) is 0 Å². The van der Waals surface area contributed by atoms with Crippen LogP contribution in [0.1, 0.15) is 22.3 Å². The first-order valence-electron chi connectivity index (χ1n) is 9.94. The molecule has 1 aliphatic rings. The lowest BCUT2D eigenvalue weighted by molar-refractivity contribution is -0.132. The molecule has 1 fully saturated rings. The number of piperazine rings is 1. The molecule has 1 aliphatic heterocycles. The summed E-state index contributed by atoms with van der Waals surface area (Å²) >= 11 is 6.28. The van der Waals surface area contributed by atoms with Crippen molar-refractivity contribution in [1.29, 1.82) is 0 Å². The number of aryl methyl sites for hydroxylation is 3. The Morgan fingerprint density at radius 2 is 1.69 bits per heavy atom. The summed E-state index contributed by atoms with van der Waals surface area (Å²) < 4.78 is 0. The van der Waals surface area contributed by atoms with E-state index in [1.165, 1.54) is 0 Å². The molecule has 29 heavy (non-hydrogen) atoms. The number of carbonyl (C=O) groups excluding carboxylic acids is 2. The minimum absolute atomic E-state index is 0.0847. The van der Waals surface area contributed by atoms with Gasteiger partial charge in [0.1, 0.15) is 0 Å². The molecule has 0 aromatic heterocycles. The fourth-order valence-electron chi connectivity index (χ4n) is 3.69. The fraction of sp³-hybridized carbons (Fsp3) is 0.391. The molecule has 2 aromatic carbocycles. The normalized spacial score (nSPS) is 14.7. The average molecular weight is 414 g/mol. The second kappa shape index (κ2) is 9.42. The van der Waals surface area contributed by atoms with Crippen molar-refractivity contribution in [1.82, 2.24) is 9.80 Å². The van der Waals surface area contributed by atoms with Gasteiger partial charge in [0.15, 0.2) is 0 Å². The average Bonchev–Trinajstić information content (AvgIpc) is 2.67. The van der Waals surface area contributed by atoms with Gasteiger partial charge < -0.3 is 10.2 Å². The molecule has 0 atom stereocenters. The van der Waals surface area contributed by atoms with E-state index in [0.717, 1.165) is 22.3 Å². The first-order valence-corrected chi connectivity index (χ1v) is 10.3. The van der Waals surface area contributed by atoms with Crippen LogP contribution >= 0.6 is 11.6 Å². The van der Waals surface area contributed by atoms with Gasteiger partial charge in [0.05, 0.1) is 23.7 Å². The van der Waals surface area contributed by atoms with Crippen molar-refractivity contribution in [3.8, 4) is 0 Å². The number of rotatable bonds is 5. The highest BCUT2D eigenvalue weighted by Crippen LogP contribution is 2.27. The second-order valence-corrected chi connectivity index (χ2v) is 8.15. The Hall–Kier alpha value is -2.37. The fourth-order valence-corrected chi connectivity index (χ4v) is 4.06. The van der Waals surface area contributed by atoms with E-state index in [0.29, 0.717) is 49.9 Å². The summed E-state index contributed by atoms with van der Waals surface area (Å²) in [5.41, 5.74) is 4.91. The van der Waals surface area contributed by atoms with Gasteiger partial charge in [-0.1, -0.05) is 41.9 Å². The molecule has 154 valence electrons. The largest absolute Gasteiger partial charge is 0.340 e. The number of benzene rings is 2. The molecule has 0 unspecified atom stereocenters. The van der Waals surface area contributed by atoms with Gasteiger partial charge in [0, 0.05) is 26.2 Å². The molecule has 0 saturated carbocycles. The van der Waals surface area contributed by atoms with E-state index in [1.807, 2.05) is 62.1 Å². The maximum absolute atomic E-state index is 12.6. The van der Waals surface area contributed by atoms with Crippen molar-refractivity contribution >= 4 is 29.1 Å². The highest BCUT2D eigenvalue weighted by Gasteiger charge is 2.23. The summed E-state index contributed by atoms with van der Waals surface area (Å²) in [5, 5.41) is 3.49. The topological polar surface area (TPSA) is 52.7 Å². The van der Waals surface area contributed by atoms with Gasteiger partial charge in [-0.05, 0) is 49.1 Å². The quantitative estimate of drug-likeness (QED) is 0.814. The van der Waals surface area contributed by atoms with E-state index in [2.05, 4.69) is 10.2 Å². The van der Waals surface area contributed by atoms with Crippen LogP contribution in [-0.2, 0) is 16.0 Å². The van der Waals surface area contributed by atoms with Gasteiger partial charge >= 0.3 is 0 Å². The number of carbonyl (C=O) groups is 2. The van der Waals surface area contributed by atoms with Crippen LogP contribution < -0.4 is 5.32 Å². The zero-order valence-electron chi connectivity index (χ0n) is 17.3. The Morgan fingerprint density at radius 3 is 2.34 bits per heavy atom. The summed E-state index contributed by atoms with van der Waals surface area (Å²) in [6.45, 7) is 8.90. The summed E-state index contributed by atoms with van der Waals surface area (Å²) in [5.74, 6) is 0.0593. The number of hydrogen-bond donors (Lipinski definition) is 1. The third-order valence-electron chi connectivity index (χ3n) is 5.39. The van der Waals surface area contributed by atoms with Crippen LogP contribution in [0, 0.1) is 20.8 Å². The highest BCUT2D eigenvalue weighted by atomic mass is 35.5. The lowest BCUT2D eigenvalue weighted by Crippen LogP contribution is -2.50. The van der Waals surface area contributed by atoms with Gasteiger partial charge in [-0.2, -0.15) is 0 Å². The van der Waals surface area contributed by atoms with Gasteiger partial charge in [0.25, 0.3) is 0 Å². The summed E-state index contributed by atoms with van der Waals surface area (Å²) in [7, 11) is 0. The van der Waals surface area contributed by atoms with Crippen LogP contribution in [0.4, 0.5) is 5.69 Å². The zero-order valence-corrected chi connectivity index (χ0v) is 18.1. The number of nitrogens with zero attached hydrogens (tertiary/aromatic N) is 2. The maximum atomic E-state index is 12.6. The lowest BCUT2D eigenvalue weighted by atomic mass is 10.1. The van der Waals surface area contributed by atoms with E-state index >= 15 is 0 Å². The van der Waals surface area contributed by atoms with E-state index in [4.69, 9.17) is 11.6 Å². The molecule has 2 amide bonds. The Morgan fingerprint density at radius 1 is 1.00 bits per heavy atom. The Balaban J connectivity index is 1.49. The number of amides is 2. The number of hydrogen-bond acceptors (Lipinski definition) is 3. The van der Waals surface area contributed by atoms with Gasteiger partial charge in [0.2, 0.25) is 11.8 Å². The van der Waals surface area contributed by atoms with Crippen LogP contribution in [0.3, 0.4) is 0 Å².